The Morgan fingerprint density at radius 1 is 0.564 bits per heavy atom. The largest absolute Gasteiger partial charge is 0.0836 e. The molecule has 39 heavy (non-hydrogen) atoms. The van der Waals surface area contributed by atoms with E-state index in [0.717, 1.165) is 12.8 Å². The number of allylic oxidation sites excluding steroid dienone is 4. The maximum absolute atomic E-state index is 2.48. The Morgan fingerprint density at radius 2 is 1.36 bits per heavy atom. The highest BCUT2D eigenvalue weighted by Gasteiger charge is 2.35. The molecular formula is C39H28. The molecule has 9 rings (SSSR count). The van der Waals surface area contributed by atoms with Gasteiger partial charge < -0.3 is 0 Å². The third-order valence-corrected chi connectivity index (χ3v) is 9.68. The smallest absolute Gasteiger partial charge is 0.0159 e. The zero-order chi connectivity index (χ0) is 25.9. The van der Waals surface area contributed by atoms with E-state index >= 15 is 0 Å². The second-order valence-electron chi connectivity index (χ2n) is 12.0. The van der Waals surface area contributed by atoms with Gasteiger partial charge in [-0.15, -0.1) is 0 Å². The van der Waals surface area contributed by atoms with Gasteiger partial charge in [-0.3, -0.25) is 0 Å². The van der Waals surface area contributed by atoms with E-state index in [1.165, 1.54) is 88.0 Å². The van der Waals surface area contributed by atoms with E-state index in [9.17, 15) is 0 Å². The minimum absolute atomic E-state index is 0.00185. The standard InChI is InChI=1S/C39H28/c1-39(2)36-13-6-5-10-29(36)35-21-25-17-15-23-14-16-24(20-33(23)34(25)22-37(35)39)26-18-19-32-28-9-4-3-8-27(28)31-12-7-11-30(26)38(31)32/h3,5-8,10-22H,4,9H2,1-2H3. The van der Waals surface area contributed by atoms with Crippen molar-refractivity contribution < 1.29 is 0 Å². The molecule has 0 amide bonds. The van der Waals surface area contributed by atoms with Gasteiger partial charge >= 0.3 is 0 Å². The SMILES string of the molecule is CC1(C)c2ccccc2-c2cc3ccc4ccc(-c5ccc6c7c(cccc57)C5=C6CCC=C5)cc4c3cc21. The van der Waals surface area contributed by atoms with Crippen molar-refractivity contribution in [2.45, 2.75) is 32.1 Å². The first kappa shape index (κ1) is 21.5. The number of rotatable bonds is 1. The van der Waals surface area contributed by atoms with Gasteiger partial charge in [-0.1, -0.05) is 105 Å². The normalized spacial score (nSPS) is 16.3. The van der Waals surface area contributed by atoms with E-state index in [1.807, 2.05) is 0 Å². The predicted octanol–water partition coefficient (Wildman–Crippen LogP) is 10.7. The summed E-state index contributed by atoms with van der Waals surface area (Å²) in [5, 5.41) is 8.10. The highest BCUT2D eigenvalue weighted by molar-refractivity contribution is 6.19. The van der Waals surface area contributed by atoms with Crippen molar-refractivity contribution in [3.05, 3.63) is 131 Å². The molecule has 0 N–H and O–H groups in total. The lowest BCUT2D eigenvalue weighted by Gasteiger charge is -2.22. The Morgan fingerprint density at radius 3 is 2.31 bits per heavy atom. The van der Waals surface area contributed by atoms with E-state index in [2.05, 4.69) is 123 Å². The Labute approximate surface area is 228 Å². The minimum atomic E-state index is -0.00185. The van der Waals surface area contributed by atoms with Gasteiger partial charge in [-0.25, -0.2) is 0 Å². The van der Waals surface area contributed by atoms with Crippen LogP contribution in [0.2, 0.25) is 0 Å². The van der Waals surface area contributed by atoms with E-state index in [4.69, 9.17) is 0 Å². The van der Waals surface area contributed by atoms with Gasteiger partial charge in [0.2, 0.25) is 0 Å². The fourth-order valence-electron chi connectivity index (χ4n) is 7.75. The van der Waals surface area contributed by atoms with Crippen LogP contribution in [0.25, 0.3) is 65.7 Å². The van der Waals surface area contributed by atoms with Gasteiger partial charge in [0, 0.05) is 5.41 Å². The highest BCUT2D eigenvalue weighted by Crippen LogP contribution is 2.51. The van der Waals surface area contributed by atoms with Crippen LogP contribution in [0.4, 0.5) is 0 Å². The molecule has 0 heterocycles. The van der Waals surface area contributed by atoms with Crippen molar-refractivity contribution in [1.82, 2.24) is 0 Å². The quantitative estimate of drug-likeness (QED) is 0.199. The minimum Gasteiger partial charge on any atom is -0.0836 e. The monoisotopic (exact) mass is 496 g/mol. The number of hydrogen-bond acceptors (Lipinski definition) is 0. The third kappa shape index (κ3) is 2.74. The zero-order valence-electron chi connectivity index (χ0n) is 22.3. The van der Waals surface area contributed by atoms with Gasteiger partial charge in [0.15, 0.2) is 0 Å². The van der Waals surface area contributed by atoms with Crippen LogP contribution < -0.4 is 0 Å². The topological polar surface area (TPSA) is 0 Å². The van der Waals surface area contributed by atoms with Crippen LogP contribution in [-0.4, -0.2) is 0 Å². The summed E-state index contributed by atoms with van der Waals surface area (Å²) < 4.78 is 0. The molecule has 6 aromatic carbocycles. The van der Waals surface area contributed by atoms with E-state index in [-0.39, 0.29) is 5.41 Å². The van der Waals surface area contributed by atoms with Gasteiger partial charge in [-0.05, 0) is 119 Å². The second-order valence-corrected chi connectivity index (χ2v) is 12.0. The average molecular weight is 497 g/mol. The van der Waals surface area contributed by atoms with Crippen LogP contribution >= 0.6 is 0 Å². The number of hydrogen-bond donors (Lipinski definition) is 0. The summed E-state index contributed by atoms with van der Waals surface area (Å²) in [4.78, 5) is 0. The molecule has 0 saturated carbocycles. The maximum atomic E-state index is 2.48. The molecule has 3 aliphatic carbocycles. The first-order chi connectivity index (χ1) is 19.1. The summed E-state index contributed by atoms with van der Waals surface area (Å²) in [6, 6.07) is 37.1. The molecule has 0 saturated heterocycles. The summed E-state index contributed by atoms with van der Waals surface area (Å²) in [6.07, 6.45) is 6.95. The van der Waals surface area contributed by atoms with Crippen molar-refractivity contribution in [3.8, 4) is 22.3 Å². The lowest BCUT2D eigenvalue weighted by molar-refractivity contribution is 0.661. The molecule has 0 radical (unpaired) electrons. The van der Waals surface area contributed by atoms with Crippen molar-refractivity contribution in [2.24, 2.45) is 0 Å². The Hall–Kier alpha value is -4.42. The molecule has 0 unspecified atom stereocenters. The van der Waals surface area contributed by atoms with Crippen molar-refractivity contribution in [2.75, 3.05) is 0 Å². The predicted molar refractivity (Wildman–Crippen MR) is 167 cm³/mol. The fraction of sp³-hybridized carbons (Fsp3) is 0.128. The third-order valence-electron chi connectivity index (χ3n) is 9.68. The summed E-state index contributed by atoms with van der Waals surface area (Å²) in [5.74, 6) is 0. The molecule has 0 spiro atoms. The van der Waals surface area contributed by atoms with Crippen molar-refractivity contribution in [1.29, 1.82) is 0 Å². The number of fused-ring (bicyclic) bond motifs is 8. The van der Waals surface area contributed by atoms with Crippen LogP contribution in [0, 0.1) is 0 Å². The van der Waals surface area contributed by atoms with Crippen LogP contribution in [0.15, 0.2) is 109 Å². The first-order valence-corrected chi connectivity index (χ1v) is 14.2. The zero-order valence-corrected chi connectivity index (χ0v) is 22.3. The van der Waals surface area contributed by atoms with Gasteiger partial charge in [0.05, 0.1) is 0 Å². The molecular weight excluding hydrogens is 468 g/mol. The van der Waals surface area contributed by atoms with E-state index in [0.29, 0.717) is 0 Å². The summed E-state index contributed by atoms with van der Waals surface area (Å²) in [5.41, 5.74) is 14.0. The van der Waals surface area contributed by atoms with Crippen LogP contribution in [0.5, 0.6) is 0 Å². The Balaban J connectivity index is 1.28. The molecule has 0 bridgehead atoms. The lowest BCUT2D eigenvalue weighted by atomic mass is 9.81. The van der Waals surface area contributed by atoms with Crippen molar-refractivity contribution in [3.63, 3.8) is 0 Å². The molecule has 0 nitrogen and oxygen atoms in total. The first-order valence-electron chi connectivity index (χ1n) is 14.2. The van der Waals surface area contributed by atoms with Gasteiger partial charge in [0.1, 0.15) is 0 Å². The average Bonchev–Trinajstić information content (AvgIpc) is 3.42. The summed E-state index contributed by atoms with van der Waals surface area (Å²) in [7, 11) is 0. The van der Waals surface area contributed by atoms with E-state index < -0.39 is 0 Å². The molecule has 184 valence electrons. The Bertz CT molecular complexity index is 2130. The maximum Gasteiger partial charge on any atom is 0.0159 e. The van der Waals surface area contributed by atoms with Crippen LogP contribution in [0.1, 0.15) is 48.9 Å². The Kier molecular flexibility index (Phi) is 4.06. The highest BCUT2D eigenvalue weighted by atomic mass is 14.4. The molecule has 6 aromatic rings. The van der Waals surface area contributed by atoms with Crippen molar-refractivity contribution >= 4 is 43.5 Å². The van der Waals surface area contributed by atoms with Crippen LogP contribution in [0.3, 0.4) is 0 Å². The molecule has 3 aliphatic rings. The summed E-state index contributed by atoms with van der Waals surface area (Å²) in [6.45, 7) is 4.74. The number of benzene rings is 6. The molecule has 0 aromatic heterocycles. The fourth-order valence-corrected chi connectivity index (χ4v) is 7.75. The van der Waals surface area contributed by atoms with E-state index in [1.54, 1.807) is 0 Å². The van der Waals surface area contributed by atoms with Gasteiger partial charge in [0.25, 0.3) is 0 Å². The van der Waals surface area contributed by atoms with Crippen LogP contribution in [-0.2, 0) is 5.41 Å². The molecule has 0 fully saturated rings. The second kappa shape index (κ2) is 7.36. The summed E-state index contributed by atoms with van der Waals surface area (Å²) >= 11 is 0. The molecule has 0 atom stereocenters. The molecule has 0 heteroatoms. The molecule has 0 aliphatic heterocycles. The van der Waals surface area contributed by atoms with Gasteiger partial charge in [-0.2, -0.15) is 0 Å². The lowest BCUT2D eigenvalue weighted by Crippen LogP contribution is -2.14.